The third-order valence-corrected chi connectivity index (χ3v) is 5.80. The van der Waals surface area contributed by atoms with Crippen LogP contribution in [0, 0.1) is 6.92 Å². The van der Waals surface area contributed by atoms with Crippen molar-refractivity contribution in [2.75, 3.05) is 24.9 Å². The Bertz CT molecular complexity index is 1110. The van der Waals surface area contributed by atoms with Gasteiger partial charge in [-0.1, -0.05) is 36.4 Å². The Hall–Kier alpha value is -3.23. The molecule has 3 rings (SSSR count). The Morgan fingerprint density at radius 1 is 0.968 bits per heavy atom. The van der Waals surface area contributed by atoms with Crippen LogP contribution in [-0.4, -0.2) is 31.3 Å². The lowest BCUT2D eigenvalue weighted by Gasteiger charge is -2.13. The van der Waals surface area contributed by atoms with E-state index in [0.717, 1.165) is 16.0 Å². The molecule has 0 unspecified atom stereocenters. The van der Waals surface area contributed by atoms with Gasteiger partial charge < -0.3 is 20.1 Å². The average molecular weight is 455 g/mol. The number of carbonyl (C=O) groups excluding carboxylic acids is 2. The van der Waals surface area contributed by atoms with E-state index in [1.807, 2.05) is 43.3 Å². The van der Waals surface area contributed by atoms with Crippen molar-refractivity contribution in [2.45, 2.75) is 13.3 Å². The first-order valence-corrected chi connectivity index (χ1v) is 10.7. The number of carbonyl (C=O) groups is 2. The molecule has 8 heteroatoms. The Balaban J connectivity index is 1.80. The third-order valence-electron chi connectivity index (χ3n) is 4.54. The Kier molecular flexibility index (Phi) is 7.38. The zero-order valence-electron chi connectivity index (χ0n) is 17.4. The number of esters is 2. The number of rotatable bonds is 6. The van der Waals surface area contributed by atoms with Crippen LogP contribution in [-0.2, 0) is 15.9 Å². The van der Waals surface area contributed by atoms with Gasteiger partial charge in [0.25, 0.3) is 0 Å². The minimum Gasteiger partial charge on any atom is -0.465 e. The molecule has 160 valence electrons. The summed E-state index contributed by atoms with van der Waals surface area (Å²) in [5.41, 5.74) is 3.54. The number of thiocarbonyl (C=S) groups is 1. The van der Waals surface area contributed by atoms with Gasteiger partial charge in [0, 0.05) is 17.0 Å². The molecule has 0 amide bonds. The summed E-state index contributed by atoms with van der Waals surface area (Å²) >= 11 is 6.89. The number of hydrogen-bond acceptors (Lipinski definition) is 6. The Labute approximate surface area is 190 Å². The second-order valence-corrected chi connectivity index (χ2v) is 8.25. The molecule has 1 aromatic heterocycles. The van der Waals surface area contributed by atoms with Crippen LogP contribution in [0.4, 0.5) is 10.7 Å². The lowest BCUT2D eigenvalue weighted by molar-refractivity contribution is 0.0592. The molecule has 0 aliphatic rings. The summed E-state index contributed by atoms with van der Waals surface area (Å²) in [7, 11) is 2.68. The number of anilines is 2. The summed E-state index contributed by atoms with van der Waals surface area (Å²) in [6.07, 6.45) is 0.692. The minimum absolute atomic E-state index is 0.295. The maximum atomic E-state index is 12.3. The molecule has 6 nitrogen and oxygen atoms in total. The van der Waals surface area contributed by atoms with E-state index in [4.69, 9.17) is 21.7 Å². The third kappa shape index (κ3) is 5.68. The van der Waals surface area contributed by atoms with E-state index in [9.17, 15) is 9.59 Å². The topological polar surface area (TPSA) is 76.7 Å². The molecule has 0 saturated heterocycles. The molecule has 2 N–H and O–H groups in total. The van der Waals surface area contributed by atoms with Gasteiger partial charge in [0.05, 0.1) is 25.3 Å². The first-order chi connectivity index (χ1) is 14.9. The van der Waals surface area contributed by atoms with Crippen molar-refractivity contribution in [2.24, 2.45) is 0 Å². The minimum atomic E-state index is -0.440. The second kappa shape index (κ2) is 10.2. The van der Waals surface area contributed by atoms with Crippen molar-refractivity contribution in [3.8, 4) is 0 Å². The van der Waals surface area contributed by atoms with Crippen LogP contribution in [0.5, 0.6) is 0 Å². The van der Waals surface area contributed by atoms with Gasteiger partial charge >= 0.3 is 11.9 Å². The highest BCUT2D eigenvalue weighted by Crippen LogP contribution is 2.31. The molecule has 0 atom stereocenters. The fourth-order valence-electron chi connectivity index (χ4n) is 2.94. The van der Waals surface area contributed by atoms with Crippen molar-refractivity contribution in [1.29, 1.82) is 0 Å². The molecule has 0 aliphatic heterocycles. The molecule has 2 aromatic carbocycles. The van der Waals surface area contributed by atoms with Gasteiger partial charge in [-0.2, -0.15) is 0 Å². The monoisotopic (exact) mass is 454 g/mol. The van der Waals surface area contributed by atoms with E-state index < -0.39 is 11.9 Å². The van der Waals surface area contributed by atoms with E-state index in [1.54, 1.807) is 18.2 Å². The van der Waals surface area contributed by atoms with Gasteiger partial charge in [0.1, 0.15) is 5.00 Å². The lowest BCUT2D eigenvalue weighted by Crippen LogP contribution is -2.20. The predicted octanol–water partition coefficient (Wildman–Crippen LogP) is 5.03. The molecular weight excluding hydrogens is 432 g/mol. The lowest BCUT2D eigenvalue weighted by atomic mass is 10.1. The zero-order valence-corrected chi connectivity index (χ0v) is 19.0. The van der Waals surface area contributed by atoms with Gasteiger partial charge in [0.15, 0.2) is 5.11 Å². The standard InChI is InChI=1S/C23H22N2O4S2/c1-14-9-10-16(21(26)28-2)12-19(14)24-23(30)25-20-18(22(27)29-3)13-17(31-20)11-15-7-5-4-6-8-15/h4-10,12-13H,11H2,1-3H3,(H2,24,25,30). The maximum Gasteiger partial charge on any atom is 0.340 e. The average Bonchev–Trinajstić information content (AvgIpc) is 3.16. The molecule has 0 bridgehead atoms. The number of thiophene rings is 1. The van der Waals surface area contributed by atoms with E-state index in [-0.39, 0.29) is 0 Å². The molecule has 0 fully saturated rings. The molecule has 3 aromatic rings. The van der Waals surface area contributed by atoms with Gasteiger partial charge in [-0.3, -0.25) is 0 Å². The van der Waals surface area contributed by atoms with E-state index >= 15 is 0 Å². The van der Waals surface area contributed by atoms with Crippen molar-refractivity contribution in [3.05, 3.63) is 81.7 Å². The largest absolute Gasteiger partial charge is 0.465 e. The number of aryl methyl sites for hydroxylation is 1. The SMILES string of the molecule is COC(=O)c1ccc(C)c(NC(=S)Nc2sc(Cc3ccccc3)cc2C(=O)OC)c1. The van der Waals surface area contributed by atoms with Crippen LogP contribution in [0.1, 0.15) is 36.7 Å². The Morgan fingerprint density at radius 2 is 1.68 bits per heavy atom. The summed E-state index contributed by atoms with van der Waals surface area (Å²) in [5, 5.41) is 7.07. The van der Waals surface area contributed by atoms with Crippen LogP contribution in [0.15, 0.2) is 54.6 Å². The van der Waals surface area contributed by atoms with Crippen molar-refractivity contribution in [1.82, 2.24) is 0 Å². The quantitative estimate of drug-likeness (QED) is 0.400. The number of benzene rings is 2. The zero-order chi connectivity index (χ0) is 22.4. The number of nitrogens with one attached hydrogen (secondary N) is 2. The summed E-state index contributed by atoms with van der Waals surface area (Å²) in [4.78, 5) is 25.1. The fourth-order valence-corrected chi connectivity index (χ4v) is 4.30. The number of hydrogen-bond donors (Lipinski definition) is 2. The molecule has 31 heavy (non-hydrogen) atoms. The fraction of sp³-hybridized carbons (Fsp3) is 0.174. The van der Waals surface area contributed by atoms with E-state index in [0.29, 0.717) is 33.3 Å². The highest BCUT2D eigenvalue weighted by atomic mass is 32.1. The van der Waals surface area contributed by atoms with Crippen LogP contribution in [0.3, 0.4) is 0 Å². The molecule has 0 aliphatic carbocycles. The maximum absolute atomic E-state index is 12.3. The summed E-state index contributed by atoms with van der Waals surface area (Å²) < 4.78 is 9.70. The van der Waals surface area contributed by atoms with Crippen LogP contribution >= 0.6 is 23.6 Å². The van der Waals surface area contributed by atoms with Gasteiger partial charge in [-0.05, 0) is 48.5 Å². The van der Waals surface area contributed by atoms with Crippen molar-refractivity contribution >= 4 is 51.3 Å². The smallest absolute Gasteiger partial charge is 0.340 e. The normalized spacial score (nSPS) is 10.3. The first-order valence-electron chi connectivity index (χ1n) is 9.43. The summed E-state index contributed by atoms with van der Waals surface area (Å²) in [5.74, 6) is -0.872. The Morgan fingerprint density at radius 3 is 2.35 bits per heavy atom. The highest BCUT2D eigenvalue weighted by Gasteiger charge is 2.18. The summed E-state index contributed by atoms with van der Waals surface area (Å²) in [6, 6.07) is 17.0. The predicted molar refractivity (Wildman–Crippen MR) is 127 cm³/mol. The van der Waals surface area contributed by atoms with Crippen LogP contribution in [0.2, 0.25) is 0 Å². The van der Waals surface area contributed by atoms with E-state index in [1.165, 1.54) is 25.6 Å². The van der Waals surface area contributed by atoms with Crippen LogP contribution in [0.25, 0.3) is 0 Å². The van der Waals surface area contributed by atoms with Crippen molar-refractivity contribution < 1.29 is 19.1 Å². The van der Waals surface area contributed by atoms with Gasteiger partial charge in [-0.25, -0.2) is 9.59 Å². The van der Waals surface area contributed by atoms with Gasteiger partial charge in [0.2, 0.25) is 0 Å². The number of methoxy groups -OCH3 is 2. The van der Waals surface area contributed by atoms with Crippen molar-refractivity contribution in [3.63, 3.8) is 0 Å². The van der Waals surface area contributed by atoms with Crippen LogP contribution < -0.4 is 10.6 Å². The second-order valence-electron chi connectivity index (χ2n) is 6.71. The highest BCUT2D eigenvalue weighted by molar-refractivity contribution is 7.80. The van der Waals surface area contributed by atoms with Gasteiger partial charge in [-0.15, -0.1) is 11.3 Å². The molecule has 0 spiro atoms. The molecule has 0 radical (unpaired) electrons. The summed E-state index contributed by atoms with van der Waals surface area (Å²) in [6.45, 7) is 1.90. The first kappa shape index (κ1) is 22.5. The number of ether oxygens (including phenoxy) is 2. The van der Waals surface area contributed by atoms with E-state index in [2.05, 4.69) is 10.6 Å². The molecular formula is C23H22N2O4S2. The molecule has 0 saturated carbocycles. The molecule has 1 heterocycles.